The molecule has 3 rings (SSSR count). The fourth-order valence-corrected chi connectivity index (χ4v) is 2.46. The highest BCUT2D eigenvalue weighted by Gasteiger charge is 2.07. The zero-order valence-corrected chi connectivity index (χ0v) is 14.0. The van der Waals surface area contributed by atoms with Crippen LogP contribution >= 0.6 is 0 Å². The van der Waals surface area contributed by atoms with Gasteiger partial charge in [0.25, 0.3) is 0 Å². The molecule has 0 atom stereocenters. The highest BCUT2D eigenvalue weighted by molar-refractivity contribution is 5.40. The van der Waals surface area contributed by atoms with Crippen LogP contribution in [0.3, 0.4) is 0 Å². The lowest BCUT2D eigenvalue weighted by molar-refractivity contribution is 0.828. The van der Waals surface area contributed by atoms with Gasteiger partial charge in [-0.3, -0.25) is 0 Å². The van der Waals surface area contributed by atoms with Gasteiger partial charge in [0.15, 0.2) is 5.82 Å². The SMILES string of the molecule is Cc1ccccc1CNc1cnnc(N(C)Cc2ccccc2)n1. The molecule has 0 aliphatic carbocycles. The zero-order chi connectivity index (χ0) is 16.8. The second-order valence-corrected chi connectivity index (χ2v) is 5.76. The fourth-order valence-electron chi connectivity index (χ4n) is 2.46. The summed E-state index contributed by atoms with van der Waals surface area (Å²) in [5, 5.41) is 11.5. The van der Waals surface area contributed by atoms with Gasteiger partial charge in [-0.05, 0) is 23.6 Å². The van der Waals surface area contributed by atoms with E-state index in [0.717, 1.165) is 12.4 Å². The molecule has 0 saturated carbocycles. The summed E-state index contributed by atoms with van der Waals surface area (Å²) in [5.74, 6) is 1.33. The second kappa shape index (κ2) is 7.55. The van der Waals surface area contributed by atoms with Gasteiger partial charge in [0, 0.05) is 20.1 Å². The molecule has 0 saturated heterocycles. The zero-order valence-electron chi connectivity index (χ0n) is 14.0. The molecular weight excluding hydrogens is 298 g/mol. The Balaban J connectivity index is 1.66. The van der Waals surface area contributed by atoms with Crippen LogP contribution in [0.1, 0.15) is 16.7 Å². The molecule has 1 aromatic heterocycles. The van der Waals surface area contributed by atoms with E-state index < -0.39 is 0 Å². The summed E-state index contributed by atoms with van der Waals surface area (Å²) >= 11 is 0. The van der Waals surface area contributed by atoms with Crippen molar-refractivity contribution in [1.82, 2.24) is 15.2 Å². The van der Waals surface area contributed by atoms with E-state index in [1.165, 1.54) is 16.7 Å². The summed E-state index contributed by atoms with van der Waals surface area (Å²) in [4.78, 5) is 6.54. The first-order valence-corrected chi connectivity index (χ1v) is 7.95. The average Bonchev–Trinajstić information content (AvgIpc) is 2.62. The minimum atomic E-state index is 0.605. The van der Waals surface area contributed by atoms with E-state index >= 15 is 0 Å². The third kappa shape index (κ3) is 4.07. The third-order valence-electron chi connectivity index (χ3n) is 3.87. The predicted octanol–water partition coefficient (Wildman–Crippen LogP) is 3.43. The Kier molecular flexibility index (Phi) is 5.01. The van der Waals surface area contributed by atoms with Crippen LogP contribution in [0, 0.1) is 6.92 Å². The molecule has 2 aromatic carbocycles. The molecule has 0 bridgehead atoms. The van der Waals surface area contributed by atoms with Crippen LogP contribution in [0.25, 0.3) is 0 Å². The molecule has 5 heteroatoms. The van der Waals surface area contributed by atoms with Crippen molar-refractivity contribution in [2.24, 2.45) is 0 Å². The van der Waals surface area contributed by atoms with Crippen LogP contribution in [0.2, 0.25) is 0 Å². The molecule has 0 unspecified atom stereocenters. The molecule has 5 nitrogen and oxygen atoms in total. The van der Waals surface area contributed by atoms with E-state index in [0.29, 0.717) is 12.5 Å². The summed E-state index contributed by atoms with van der Waals surface area (Å²) in [6.45, 7) is 3.56. The van der Waals surface area contributed by atoms with Gasteiger partial charge in [0.05, 0.1) is 6.20 Å². The summed E-state index contributed by atoms with van der Waals surface area (Å²) in [6.07, 6.45) is 1.65. The Morgan fingerprint density at radius 3 is 2.54 bits per heavy atom. The van der Waals surface area contributed by atoms with Crippen molar-refractivity contribution in [1.29, 1.82) is 0 Å². The second-order valence-electron chi connectivity index (χ2n) is 5.76. The van der Waals surface area contributed by atoms with E-state index in [2.05, 4.69) is 51.7 Å². The number of aryl methyl sites for hydroxylation is 1. The van der Waals surface area contributed by atoms with Crippen molar-refractivity contribution in [2.75, 3.05) is 17.3 Å². The van der Waals surface area contributed by atoms with Crippen molar-refractivity contribution >= 4 is 11.8 Å². The smallest absolute Gasteiger partial charge is 0.247 e. The number of nitrogens with zero attached hydrogens (tertiary/aromatic N) is 4. The van der Waals surface area contributed by atoms with Gasteiger partial charge in [0.2, 0.25) is 5.95 Å². The minimum Gasteiger partial charge on any atom is -0.365 e. The van der Waals surface area contributed by atoms with Crippen molar-refractivity contribution in [3.8, 4) is 0 Å². The molecule has 0 amide bonds. The van der Waals surface area contributed by atoms with E-state index in [9.17, 15) is 0 Å². The van der Waals surface area contributed by atoms with E-state index in [4.69, 9.17) is 0 Å². The lowest BCUT2D eigenvalue weighted by Gasteiger charge is -2.17. The molecule has 0 fully saturated rings. The van der Waals surface area contributed by atoms with Gasteiger partial charge in [0.1, 0.15) is 0 Å². The van der Waals surface area contributed by atoms with Crippen molar-refractivity contribution in [2.45, 2.75) is 20.0 Å². The Morgan fingerprint density at radius 1 is 1.00 bits per heavy atom. The van der Waals surface area contributed by atoms with Crippen LogP contribution < -0.4 is 10.2 Å². The van der Waals surface area contributed by atoms with Crippen molar-refractivity contribution < 1.29 is 0 Å². The van der Waals surface area contributed by atoms with E-state index in [-0.39, 0.29) is 0 Å². The largest absolute Gasteiger partial charge is 0.365 e. The van der Waals surface area contributed by atoms with Gasteiger partial charge in [-0.1, -0.05) is 54.6 Å². The van der Waals surface area contributed by atoms with Gasteiger partial charge < -0.3 is 10.2 Å². The molecule has 0 radical (unpaired) electrons. The number of benzene rings is 2. The van der Waals surface area contributed by atoms with Crippen LogP contribution in [0.5, 0.6) is 0 Å². The molecule has 0 aliphatic rings. The molecular formula is C19H21N5. The monoisotopic (exact) mass is 319 g/mol. The molecule has 122 valence electrons. The quantitative estimate of drug-likeness (QED) is 0.754. The average molecular weight is 319 g/mol. The standard InChI is InChI=1S/C19H21N5/c1-15-8-6-7-11-17(15)12-20-18-13-21-23-19(22-18)24(2)14-16-9-4-3-5-10-16/h3-11,13H,12,14H2,1-2H3,(H,20,22,23). The molecule has 3 aromatic rings. The first-order valence-electron chi connectivity index (χ1n) is 7.95. The number of nitrogens with one attached hydrogen (secondary N) is 1. The number of hydrogen-bond donors (Lipinski definition) is 1. The lowest BCUT2D eigenvalue weighted by atomic mass is 10.1. The Hall–Kier alpha value is -2.95. The molecule has 24 heavy (non-hydrogen) atoms. The van der Waals surface area contributed by atoms with Crippen LogP contribution in [0.15, 0.2) is 60.8 Å². The van der Waals surface area contributed by atoms with Crippen LogP contribution in [-0.4, -0.2) is 22.2 Å². The van der Waals surface area contributed by atoms with Crippen molar-refractivity contribution in [3.63, 3.8) is 0 Å². The van der Waals surface area contributed by atoms with E-state index in [1.807, 2.05) is 42.3 Å². The van der Waals surface area contributed by atoms with E-state index in [1.54, 1.807) is 6.20 Å². The number of rotatable bonds is 6. The maximum atomic E-state index is 4.55. The molecule has 1 N–H and O–H groups in total. The molecule has 0 aliphatic heterocycles. The van der Waals surface area contributed by atoms with Gasteiger partial charge in [-0.15, -0.1) is 5.10 Å². The summed E-state index contributed by atoms with van der Waals surface area (Å²) < 4.78 is 0. The Labute approximate surface area is 142 Å². The van der Waals surface area contributed by atoms with Gasteiger partial charge in [-0.25, -0.2) is 0 Å². The van der Waals surface area contributed by atoms with Crippen LogP contribution in [0.4, 0.5) is 11.8 Å². The number of hydrogen-bond acceptors (Lipinski definition) is 5. The maximum absolute atomic E-state index is 4.55. The normalized spacial score (nSPS) is 10.4. The topological polar surface area (TPSA) is 53.9 Å². The molecule has 1 heterocycles. The lowest BCUT2D eigenvalue weighted by Crippen LogP contribution is -2.20. The third-order valence-corrected chi connectivity index (χ3v) is 3.87. The summed E-state index contributed by atoms with van der Waals surface area (Å²) in [7, 11) is 1.97. The van der Waals surface area contributed by atoms with Gasteiger partial charge >= 0.3 is 0 Å². The molecule has 0 spiro atoms. The minimum absolute atomic E-state index is 0.605. The summed E-state index contributed by atoms with van der Waals surface area (Å²) in [6, 6.07) is 18.5. The first-order chi connectivity index (χ1) is 11.7. The van der Waals surface area contributed by atoms with Crippen LogP contribution in [-0.2, 0) is 13.1 Å². The summed E-state index contributed by atoms with van der Waals surface area (Å²) in [5.41, 5.74) is 3.71. The highest BCUT2D eigenvalue weighted by atomic mass is 15.3. The first kappa shape index (κ1) is 15.9. The number of aromatic nitrogens is 3. The maximum Gasteiger partial charge on any atom is 0.247 e. The fraction of sp³-hybridized carbons (Fsp3) is 0.211. The van der Waals surface area contributed by atoms with Gasteiger partial charge in [-0.2, -0.15) is 10.1 Å². The number of anilines is 2. The highest BCUT2D eigenvalue weighted by Crippen LogP contribution is 2.13. The Bertz CT molecular complexity index is 789. The Morgan fingerprint density at radius 2 is 1.75 bits per heavy atom. The predicted molar refractivity (Wildman–Crippen MR) is 96.9 cm³/mol. The van der Waals surface area contributed by atoms with Crippen molar-refractivity contribution in [3.05, 3.63) is 77.5 Å².